The fourth-order valence-corrected chi connectivity index (χ4v) is 3.95. The molecule has 0 unspecified atom stereocenters. The Morgan fingerprint density at radius 3 is 2.75 bits per heavy atom. The van der Waals surface area contributed by atoms with Gasteiger partial charge in [-0.05, 0) is 52.9 Å². The van der Waals surface area contributed by atoms with Crippen molar-refractivity contribution in [2.24, 2.45) is 0 Å². The van der Waals surface area contributed by atoms with E-state index in [4.69, 9.17) is 0 Å². The molecule has 0 aliphatic carbocycles. The second-order valence-electron chi connectivity index (χ2n) is 5.46. The number of nitrogens with zero attached hydrogens (tertiary/aromatic N) is 2. The molecule has 1 aromatic heterocycles. The molecular formula is C18H14IN3OS. The van der Waals surface area contributed by atoms with Crippen LogP contribution in [0.15, 0.2) is 59.9 Å². The van der Waals surface area contributed by atoms with Crippen molar-refractivity contribution in [2.75, 3.05) is 11.1 Å². The van der Waals surface area contributed by atoms with Crippen molar-refractivity contribution >= 4 is 45.9 Å². The lowest BCUT2D eigenvalue weighted by Gasteiger charge is -2.10. The van der Waals surface area contributed by atoms with Gasteiger partial charge < -0.3 is 9.88 Å². The van der Waals surface area contributed by atoms with Gasteiger partial charge in [-0.1, -0.05) is 30.0 Å². The molecule has 2 heterocycles. The summed E-state index contributed by atoms with van der Waals surface area (Å²) < 4.78 is 3.27. The maximum Gasteiger partial charge on any atom is 0.255 e. The Morgan fingerprint density at radius 1 is 1.17 bits per heavy atom. The Morgan fingerprint density at radius 2 is 1.96 bits per heavy atom. The highest BCUT2D eigenvalue weighted by Crippen LogP contribution is 2.32. The molecule has 4 rings (SSSR count). The van der Waals surface area contributed by atoms with Crippen molar-refractivity contribution in [3.8, 4) is 11.3 Å². The highest BCUT2D eigenvalue weighted by Gasteiger charge is 2.17. The normalized spacial score (nSPS) is 12.9. The molecule has 0 saturated carbocycles. The molecule has 3 aromatic rings. The molecule has 0 spiro atoms. The first-order valence-corrected chi connectivity index (χ1v) is 9.63. The van der Waals surface area contributed by atoms with Crippen LogP contribution in [0.25, 0.3) is 11.3 Å². The van der Waals surface area contributed by atoms with Gasteiger partial charge in [0.05, 0.1) is 11.4 Å². The number of thioether (sulfide) groups is 1. The number of carbonyl (C=O) groups is 1. The minimum absolute atomic E-state index is 0.111. The number of nitrogens with one attached hydrogen (secondary N) is 1. The number of anilines is 1. The lowest BCUT2D eigenvalue weighted by molar-refractivity contribution is 0.102. The minimum atomic E-state index is -0.111. The number of carbonyl (C=O) groups excluding carboxylic acids is 1. The van der Waals surface area contributed by atoms with Crippen LogP contribution in [0.5, 0.6) is 0 Å². The zero-order chi connectivity index (χ0) is 16.5. The summed E-state index contributed by atoms with van der Waals surface area (Å²) in [6, 6.07) is 15.3. The summed E-state index contributed by atoms with van der Waals surface area (Å²) >= 11 is 3.99. The van der Waals surface area contributed by atoms with Gasteiger partial charge in [-0.15, -0.1) is 0 Å². The van der Waals surface area contributed by atoms with Crippen molar-refractivity contribution < 1.29 is 4.79 Å². The van der Waals surface area contributed by atoms with Crippen LogP contribution in [0.2, 0.25) is 0 Å². The predicted octanol–water partition coefficient (Wildman–Crippen LogP) is 4.51. The topological polar surface area (TPSA) is 46.9 Å². The van der Waals surface area contributed by atoms with E-state index in [1.807, 2.05) is 48.5 Å². The summed E-state index contributed by atoms with van der Waals surface area (Å²) in [4.78, 5) is 17.2. The van der Waals surface area contributed by atoms with E-state index in [9.17, 15) is 4.79 Å². The molecule has 1 N–H and O–H groups in total. The number of imidazole rings is 1. The van der Waals surface area contributed by atoms with Gasteiger partial charge in [0.1, 0.15) is 0 Å². The molecule has 0 fully saturated rings. The summed E-state index contributed by atoms with van der Waals surface area (Å²) in [5.41, 5.74) is 3.27. The quantitative estimate of drug-likeness (QED) is 0.601. The molecule has 6 heteroatoms. The average molecular weight is 447 g/mol. The Labute approximate surface area is 157 Å². The standard InChI is InChI=1S/C18H14IN3OS/c19-13-7-5-12(6-8-13)17(23)20-15-4-2-1-3-14(15)16-11-22-9-10-24-18(22)21-16/h1-8,11H,9-10H2,(H,20,23). The smallest absolute Gasteiger partial charge is 0.255 e. The number of hydrogen-bond acceptors (Lipinski definition) is 3. The van der Waals surface area contributed by atoms with Crippen LogP contribution in [0.3, 0.4) is 0 Å². The van der Waals surface area contributed by atoms with E-state index >= 15 is 0 Å². The maximum absolute atomic E-state index is 12.5. The Balaban J connectivity index is 1.64. The SMILES string of the molecule is O=C(Nc1ccccc1-c1cn2c(n1)SCC2)c1ccc(I)cc1. The molecule has 1 aliphatic rings. The van der Waals surface area contributed by atoms with E-state index in [0.29, 0.717) is 5.56 Å². The lowest BCUT2D eigenvalue weighted by Crippen LogP contribution is -2.12. The summed E-state index contributed by atoms with van der Waals surface area (Å²) in [5.74, 6) is 0.966. The van der Waals surface area contributed by atoms with Gasteiger partial charge in [-0.3, -0.25) is 4.79 Å². The van der Waals surface area contributed by atoms with Crippen molar-refractivity contribution in [1.29, 1.82) is 0 Å². The third-order valence-corrected chi connectivity index (χ3v) is 5.55. The van der Waals surface area contributed by atoms with E-state index < -0.39 is 0 Å². The van der Waals surface area contributed by atoms with Gasteiger partial charge >= 0.3 is 0 Å². The molecule has 24 heavy (non-hydrogen) atoms. The van der Waals surface area contributed by atoms with Gasteiger partial charge in [0.15, 0.2) is 5.16 Å². The summed E-state index contributed by atoms with van der Waals surface area (Å²) in [6.45, 7) is 0.990. The first-order chi connectivity index (χ1) is 11.7. The lowest BCUT2D eigenvalue weighted by atomic mass is 10.1. The van der Waals surface area contributed by atoms with E-state index in [1.165, 1.54) is 0 Å². The van der Waals surface area contributed by atoms with Crippen LogP contribution < -0.4 is 5.32 Å². The van der Waals surface area contributed by atoms with Crippen LogP contribution in [0, 0.1) is 3.57 Å². The van der Waals surface area contributed by atoms with Crippen LogP contribution in [-0.4, -0.2) is 21.2 Å². The third kappa shape index (κ3) is 3.08. The highest BCUT2D eigenvalue weighted by molar-refractivity contribution is 14.1. The number of amides is 1. The molecule has 0 atom stereocenters. The van der Waals surface area contributed by atoms with Crippen LogP contribution >= 0.6 is 34.4 Å². The number of halogens is 1. The van der Waals surface area contributed by atoms with Crippen LogP contribution in [0.1, 0.15) is 10.4 Å². The maximum atomic E-state index is 12.5. The summed E-state index contributed by atoms with van der Waals surface area (Å²) in [7, 11) is 0. The molecule has 1 amide bonds. The van der Waals surface area contributed by atoms with Gasteiger partial charge in [0.25, 0.3) is 5.91 Å². The van der Waals surface area contributed by atoms with E-state index in [-0.39, 0.29) is 5.91 Å². The third-order valence-electron chi connectivity index (χ3n) is 3.86. The number of hydrogen-bond donors (Lipinski definition) is 1. The van der Waals surface area contributed by atoms with E-state index in [1.54, 1.807) is 11.8 Å². The number of aromatic nitrogens is 2. The first-order valence-electron chi connectivity index (χ1n) is 7.57. The monoisotopic (exact) mass is 447 g/mol. The van der Waals surface area contributed by atoms with Gasteiger partial charge in [0, 0.05) is 33.2 Å². The van der Waals surface area contributed by atoms with E-state index in [0.717, 1.165) is 38.0 Å². The van der Waals surface area contributed by atoms with Crippen LogP contribution in [-0.2, 0) is 6.54 Å². The summed E-state index contributed by atoms with van der Waals surface area (Å²) in [6.07, 6.45) is 2.06. The minimum Gasteiger partial charge on any atom is -0.325 e. The molecule has 0 radical (unpaired) electrons. The number of para-hydroxylation sites is 1. The van der Waals surface area contributed by atoms with Crippen LogP contribution in [0.4, 0.5) is 5.69 Å². The van der Waals surface area contributed by atoms with Crippen molar-refractivity contribution in [3.05, 3.63) is 63.9 Å². The number of rotatable bonds is 3. The predicted molar refractivity (Wildman–Crippen MR) is 105 cm³/mol. The number of aryl methyl sites for hydroxylation is 1. The largest absolute Gasteiger partial charge is 0.325 e. The first kappa shape index (κ1) is 15.7. The molecule has 0 saturated heterocycles. The Hall–Kier alpha value is -1.80. The van der Waals surface area contributed by atoms with Gasteiger partial charge in [0.2, 0.25) is 0 Å². The molecule has 2 aromatic carbocycles. The van der Waals surface area contributed by atoms with Crippen molar-refractivity contribution in [1.82, 2.24) is 9.55 Å². The number of fused-ring (bicyclic) bond motifs is 1. The Bertz CT molecular complexity index is 883. The van der Waals surface area contributed by atoms with E-state index in [2.05, 4.69) is 43.7 Å². The summed E-state index contributed by atoms with van der Waals surface area (Å²) in [5, 5.41) is 4.06. The van der Waals surface area contributed by atoms with Gasteiger partial charge in [-0.2, -0.15) is 0 Å². The number of benzene rings is 2. The zero-order valence-corrected chi connectivity index (χ0v) is 15.7. The molecule has 120 valence electrons. The fourth-order valence-electron chi connectivity index (χ4n) is 2.65. The van der Waals surface area contributed by atoms with Crippen molar-refractivity contribution in [2.45, 2.75) is 11.7 Å². The molecular weight excluding hydrogens is 433 g/mol. The average Bonchev–Trinajstić information content (AvgIpc) is 3.17. The molecule has 0 bridgehead atoms. The molecule has 1 aliphatic heterocycles. The second-order valence-corrected chi connectivity index (χ2v) is 7.76. The van der Waals surface area contributed by atoms with Gasteiger partial charge in [-0.25, -0.2) is 4.98 Å². The Kier molecular flexibility index (Phi) is 4.32. The second kappa shape index (κ2) is 6.60. The zero-order valence-electron chi connectivity index (χ0n) is 12.7. The van der Waals surface area contributed by atoms with Crippen molar-refractivity contribution in [3.63, 3.8) is 0 Å². The fraction of sp³-hybridized carbons (Fsp3) is 0.111. The highest BCUT2D eigenvalue weighted by atomic mass is 127. The molecule has 4 nitrogen and oxygen atoms in total.